The van der Waals surface area contributed by atoms with E-state index in [1.807, 2.05) is 18.3 Å². The molecule has 1 heterocycles. The van der Waals surface area contributed by atoms with E-state index in [4.69, 9.17) is 5.73 Å². The van der Waals surface area contributed by atoms with Crippen molar-refractivity contribution in [1.29, 1.82) is 0 Å². The van der Waals surface area contributed by atoms with E-state index in [-0.39, 0.29) is 6.04 Å². The molecule has 2 heteroatoms. The molecule has 1 aromatic rings. The molecular formula is C17H30N2. The summed E-state index contributed by atoms with van der Waals surface area (Å²) < 4.78 is 0. The van der Waals surface area contributed by atoms with Crippen molar-refractivity contribution in [2.75, 3.05) is 0 Å². The predicted octanol–water partition coefficient (Wildman–Crippen LogP) is 4.65. The van der Waals surface area contributed by atoms with Gasteiger partial charge >= 0.3 is 0 Å². The van der Waals surface area contributed by atoms with Crippen molar-refractivity contribution in [1.82, 2.24) is 4.98 Å². The first-order chi connectivity index (χ1) is 9.25. The van der Waals surface area contributed by atoms with Gasteiger partial charge in [-0.15, -0.1) is 0 Å². The van der Waals surface area contributed by atoms with Crippen LogP contribution < -0.4 is 5.73 Å². The summed E-state index contributed by atoms with van der Waals surface area (Å²) in [5, 5.41) is 0. The van der Waals surface area contributed by atoms with E-state index in [9.17, 15) is 0 Å². The summed E-state index contributed by atoms with van der Waals surface area (Å²) in [7, 11) is 0. The van der Waals surface area contributed by atoms with Crippen LogP contribution in [0.4, 0.5) is 0 Å². The van der Waals surface area contributed by atoms with Crippen LogP contribution in [-0.4, -0.2) is 11.0 Å². The second-order valence-corrected chi connectivity index (χ2v) is 5.62. The Morgan fingerprint density at radius 3 is 2.37 bits per heavy atom. The van der Waals surface area contributed by atoms with Crippen LogP contribution in [0.15, 0.2) is 24.4 Å². The average molecular weight is 262 g/mol. The highest BCUT2D eigenvalue weighted by Gasteiger charge is 2.15. The Hall–Kier alpha value is -0.890. The van der Waals surface area contributed by atoms with Crippen LogP contribution >= 0.6 is 0 Å². The summed E-state index contributed by atoms with van der Waals surface area (Å²) in [4.78, 5) is 4.40. The molecule has 0 amide bonds. The summed E-state index contributed by atoms with van der Waals surface area (Å²) in [5.74, 6) is 0.362. The third kappa shape index (κ3) is 6.72. The minimum absolute atomic E-state index is 0.241. The number of hydrogen-bond donors (Lipinski definition) is 1. The Balaban J connectivity index is 2.12. The van der Waals surface area contributed by atoms with Crippen molar-refractivity contribution in [3.05, 3.63) is 30.1 Å². The summed E-state index contributed by atoms with van der Waals surface area (Å²) in [5.41, 5.74) is 7.39. The quantitative estimate of drug-likeness (QED) is 0.623. The smallest absolute Gasteiger partial charge is 0.0447 e. The van der Waals surface area contributed by atoms with Crippen molar-refractivity contribution in [2.24, 2.45) is 5.73 Å². The molecule has 108 valence electrons. The molecule has 2 atom stereocenters. The summed E-state index contributed by atoms with van der Waals surface area (Å²) in [6, 6.07) is 6.32. The van der Waals surface area contributed by atoms with Gasteiger partial charge in [0.25, 0.3) is 0 Å². The Kier molecular flexibility index (Phi) is 8.48. The first-order valence-corrected chi connectivity index (χ1v) is 7.92. The minimum atomic E-state index is 0.241. The van der Waals surface area contributed by atoms with Gasteiger partial charge in [-0.1, -0.05) is 64.9 Å². The van der Waals surface area contributed by atoms with E-state index < -0.39 is 0 Å². The molecule has 0 aliphatic rings. The number of rotatable bonds is 10. The third-order valence-electron chi connectivity index (χ3n) is 3.94. The maximum absolute atomic E-state index is 6.27. The van der Waals surface area contributed by atoms with Gasteiger partial charge in [0.2, 0.25) is 0 Å². The fourth-order valence-electron chi connectivity index (χ4n) is 2.45. The van der Waals surface area contributed by atoms with E-state index in [0.29, 0.717) is 5.92 Å². The fourth-order valence-corrected chi connectivity index (χ4v) is 2.45. The first-order valence-electron chi connectivity index (χ1n) is 7.92. The lowest BCUT2D eigenvalue weighted by Gasteiger charge is -2.19. The van der Waals surface area contributed by atoms with Crippen LogP contribution in [-0.2, 0) is 0 Å². The predicted molar refractivity (Wildman–Crippen MR) is 83.2 cm³/mol. The highest BCUT2D eigenvalue weighted by molar-refractivity contribution is 5.10. The zero-order chi connectivity index (χ0) is 13.9. The molecule has 2 unspecified atom stereocenters. The maximum atomic E-state index is 6.27. The molecule has 0 aromatic carbocycles. The Labute approximate surface area is 118 Å². The first kappa shape index (κ1) is 16.2. The number of pyridine rings is 1. The largest absolute Gasteiger partial charge is 0.327 e. The zero-order valence-electron chi connectivity index (χ0n) is 12.6. The highest BCUT2D eigenvalue weighted by atomic mass is 14.7. The zero-order valence-corrected chi connectivity index (χ0v) is 12.6. The van der Waals surface area contributed by atoms with Gasteiger partial charge < -0.3 is 5.73 Å². The molecule has 0 bridgehead atoms. The molecule has 2 nitrogen and oxygen atoms in total. The van der Waals surface area contributed by atoms with E-state index in [1.165, 1.54) is 44.9 Å². The molecule has 1 aromatic heterocycles. The van der Waals surface area contributed by atoms with E-state index in [2.05, 4.69) is 24.9 Å². The second kappa shape index (κ2) is 9.96. The standard InChI is InChI=1S/C17H30N2/c1-3-4-5-6-7-8-9-12-16(18)15(2)17-13-10-11-14-19-17/h10-11,13-16H,3-9,12,18H2,1-2H3. The SMILES string of the molecule is CCCCCCCCCC(N)C(C)c1ccccn1. The summed E-state index contributed by atoms with van der Waals surface area (Å²) in [6.45, 7) is 4.45. The Morgan fingerprint density at radius 1 is 1.05 bits per heavy atom. The molecule has 0 spiro atoms. The van der Waals surface area contributed by atoms with Crippen LogP contribution in [0.1, 0.15) is 76.8 Å². The number of unbranched alkanes of at least 4 members (excludes halogenated alkanes) is 6. The lowest BCUT2D eigenvalue weighted by Crippen LogP contribution is -2.27. The maximum Gasteiger partial charge on any atom is 0.0447 e. The van der Waals surface area contributed by atoms with Crippen LogP contribution in [0.25, 0.3) is 0 Å². The highest BCUT2D eigenvalue weighted by Crippen LogP contribution is 2.19. The number of hydrogen-bond acceptors (Lipinski definition) is 2. The lowest BCUT2D eigenvalue weighted by molar-refractivity contribution is 0.480. The monoisotopic (exact) mass is 262 g/mol. The van der Waals surface area contributed by atoms with Crippen molar-refractivity contribution >= 4 is 0 Å². The van der Waals surface area contributed by atoms with Gasteiger partial charge in [-0.3, -0.25) is 4.98 Å². The van der Waals surface area contributed by atoms with Crippen molar-refractivity contribution in [3.8, 4) is 0 Å². The van der Waals surface area contributed by atoms with E-state index in [0.717, 1.165) is 12.1 Å². The Morgan fingerprint density at radius 2 is 1.74 bits per heavy atom. The topological polar surface area (TPSA) is 38.9 Å². The molecule has 0 fully saturated rings. The third-order valence-corrected chi connectivity index (χ3v) is 3.94. The van der Waals surface area contributed by atoms with Crippen LogP contribution in [0.3, 0.4) is 0 Å². The van der Waals surface area contributed by atoms with Crippen molar-refractivity contribution in [3.63, 3.8) is 0 Å². The molecule has 0 saturated carbocycles. The van der Waals surface area contributed by atoms with Gasteiger partial charge in [0.15, 0.2) is 0 Å². The van der Waals surface area contributed by atoms with Crippen LogP contribution in [0.2, 0.25) is 0 Å². The van der Waals surface area contributed by atoms with Crippen LogP contribution in [0, 0.1) is 0 Å². The van der Waals surface area contributed by atoms with Gasteiger partial charge in [-0.05, 0) is 18.6 Å². The molecule has 0 aliphatic heterocycles. The van der Waals surface area contributed by atoms with Gasteiger partial charge in [-0.2, -0.15) is 0 Å². The summed E-state index contributed by atoms with van der Waals surface area (Å²) >= 11 is 0. The van der Waals surface area contributed by atoms with Gasteiger partial charge in [-0.25, -0.2) is 0 Å². The van der Waals surface area contributed by atoms with Crippen molar-refractivity contribution in [2.45, 2.75) is 77.2 Å². The fraction of sp³-hybridized carbons (Fsp3) is 0.706. The van der Waals surface area contributed by atoms with E-state index >= 15 is 0 Å². The average Bonchev–Trinajstić information content (AvgIpc) is 2.46. The molecular weight excluding hydrogens is 232 g/mol. The lowest BCUT2D eigenvalue weighted by atomic mass is 9.93. The normalized spacial score (nSPS) is 14.3. The second-order valence-electron chi connectivity index (χ2n) is 5.62. The number of nitrogens with zero attached hydrogens (tertiary/aromatic N) is 1. The van der Waals surface area contributed by atoms with E-state index in [1.54, 1.807) is 0 Å². The molecule has 19 heavy (non-hydrogen) atoms. The van der Waals surface area contributed by atoms with Gasteiger partial charge in [0, 0.05) is 23.9 Å². The Bertz CT molecular complexity index is 310. The van der Waals surface area contributed by atoms with Crippen LogP contribution in [0.5, 0.6) is 0 Å². The van der Waals surface area contributed by atoms with Gasteiger partial charge in [0.1, 0.15) is 0 Å². The molecule has 0 radical (unpaired) electrons. The molecule has 0 saturated heterocycles. The van der Waals surface area contributed by atoms with Crippen molar-refractivity contribution < 1.29 is 0 Å². The summed E-state index contributed by atoms with van der Waals surface area (Å²) in [6.07, 6.45) is 12.4. The van der Waals surface area contributed by atoms with Gasteiger partial charge in [0.05, 0.1) is 0 Å². The minimum Gasteiger partial charge on any atom is -0.327 e. The molecule has 2 N–H and O–H groups in total. The number of aromatic nitrogens is 1. The molecule has 1 rings (SSSR count). The molecule has 0 aliphatic carbocycles. The number of nitrogens with two attached hydrogens (primary N) is 1.